The maximum absolute atomic E-state index is 4.18. The lowest BCUT2D eigenvalue weighted by Gasteiger charge is -2.12. The molecule has 0 radical (unpaired) electrons. The zero-order chi connectivity index (χ0) is 13.8. The van der Waals surface area contributed by atoms with Crippen molar-refractivity contribution in [2.75, 3.05) is 0 Å². The summed E-state index contributed by atoms with van der Waals surface area (Å²) >= 11 is 3.34. The van der Waals surface area contributed by atoms with E-state index in [1.165, 1.54) is 16.0 Å². The molecule has 102 valence electrons. The first-order valence-electron chi connectivity index (χ1n) is 6.35. The first kappa shape index (κ1) is 14.5. The molecule has 0 aliphatic heterocycles. The summed E-state index contributed by atoms with van der Waals surface area (Å²) in [6.07, 6.45) is 0. The van der Waals surface area contributed by atoms with Gasteiger partial charge in [-0.2, -0.15) is 0 Å². The molecule has 0 unspecified atom stereocenters. The topological polar surface area (TPSA) is 37.8 Å². The van der Waals surface area contributed by atoms with Gasteiger partial charge in [-0.1, -0.05) is 54.6 Å². The SMILES string of the molecule is Cc1ccc(Sc2nnc(C)s2)c(CNC(C)C)c1. The summed E-state index contributed by atoms with van der Waals surface area (Å²) in [5.41, 5.74) is 2.62. The summed E-state index contributed by atoms with van der Waals surface area (Å²) in [4.78, 5) is 1.26. The largest absolute Gasteiger partial charge is 0.310 e. The van der Waals surface area contributed by atoms with Crippen LogP contribution in [0.1, 0.15) is 30.0 Å². The van der Waals surface area contributed by atoms with Gasteiger partial charge in [-0.3, -0.25) is 0 Å². The van der Waals surface area contributed by atoms with Crippen LogP contribution >= 0.6 is 23.1 Å². The van der Waals surface area contributed by atoms with Crippen molar-refractivity contribution in [2.24, 2.45) is 0 Å². The van der Waals surface area contributed by atoms with Crippen molar-refractivity contribution in [2.45, 2.75) is 49.5 Å². The second-order valence-electron chi connectivity index (χ2n) is 4.84. The lowest BCUT2D eigenvalue weighted by molar-refractivity contribution is 0.584. The summed E-state index contributed by atoms with van der Waals surface area (Å²) in [7, 11) is 0. The summed E-state index contributed by atoms with van der Waals surface area (Å²) in [6, 6.07) is 7.05. The molecule has 0 aliphatic rings. The predicted molar refractivity (Wildman–Crippen MR) is 81.9 cm³/mol. The predicted octanol–water partition coefficient (Wildman–Crippen LogP) is 3.80. The van der Waals surface area contributed by atoms with Gasteiger partial charge in [0, 0.05) is 17.5 Å². The van der Waals surface area contributed by atoms with Gasteiger partial charge in [0.1, 0.15) is 5.01 Å². The third-order valence-corrected chi connectivity index (χ3v) is 4.63. The Labute approximate surface area is 122 Å². The molecule has 3 nitrogen and oxygen atoms in total. The van der Waals surface area contributed by atoms with Crippen LogP contribution in [0.2, 0.25) is 0 Å². The van der Waals surface area contributed by atoms with Crippen LogP contribution in [0.25, 0.3) is 0 Å². The highest BCUT2D eigenvalue weighted by molar-refractivity contribution is 8.01. The zero-order valence-corrected chi connectivity index (χ0v) is 13.4. The molecule has 0 spiro atoms. The smallest absolute Gasteiger partial charge is 0.179 e. The van der Waals surface area contributed by atoms with Crippen molar-refractivity contribution in [1.29, 1.82) is 0 Å². The fourth-order valence-corrected chi connectivity index (χ4v) is 3.56. The Morgan fingerprint density at radius 2 is 2.05 bits per heavy atom. The van der Waals surface area contributed by atoms with Crippen LogP contribution in [-0.2, 0) is 6.54 Å². The van der Waals surface area contributed by atoms with Gasteiger partial charge < -0.3 is 5.32 Å². The standard InChI is InChI=1S/C14H19N3S2/c1-9(2)15-8-12-7-10(3)5-6-13(12)19-14-17-16-11(4)18-14/h5-7,9,15H,8H2,1-4H3. The maximum Gasteiger partial charge on any atom is 0.179 e. The third-order valence-electron chi connectivity index (χ3n) is 2.62. The van der Waals surface area contributed by atoms with E-state index in [1.54, 1.807) is 23.1 Å². The Balaban J connectivity index is 2.18. The summed E-state index contributed by atoms with van der Waals surface area (Å²) in [6.45, 7) is 9.33. The molecule has 5 heteroatoms. The average molecular weight is 293 g/mol. The van der Waals surface area contributed by atoms with E-state index >= 15 is 0 Å². The van der Waals surface area contributed by atoms with E-state index in [2.05, 4.69) is 54.5 Å². The molecule has 0 amide bonds. The Kier molecular flexibility index (Phi) is 4.96. The summed E-state index contributed by atoms with van der Waals surface area (Å²) in [5, 5.41) is 12.7. The number of hydrogen-bond donors (Lipinski definition) is 1. The molecular weight excluding hydrogens is 274 g/mol. The highest BCUT2D eigenvalue weighted by Crippen LogP contribution is 2.32. The third kappa shape index (κ3) is 4.30. The van der Waals surface area contributed by atoms with Gasteiger partial charge in [0.15, 0.2) is 4.34 Å². The highest BCUT2D eigenvalue weighted by Gasteiger charge is 2.08. The minimum Gasteiger partial charge on any atom is -0.310 e. The summed E-state index contributed by atoms with van der Waals surface area (Å²) in [5.74, 6) is 0. The van der Waals surface area contributed by atoms with E-state index in [9.17, 15) is 0 Å². The molecule has 19 heavy (non-hydrogen) atoms. The summed E-state index contributed by atoms with van der Waals surface area (Å²) < 4.78 is 1.01. The lowest BCUT2D eigenvalue weighted by atomic mass is 10.1. The van der Waals surface area contributed by atoms with Gasteiger partial charge in [0.05, 0.1) is 0 Å². The zero-order valence-electron chi connectivity index (χ0n) is 11.7. The highest BCUT2D eigenvalue weighted by atomic mass is 32.2. The molecule has 1 aromatic heterocycles. The van der Waals surface area contributed by atoms with Crippen LogP contribution in [0.3, 0.4) is 0 Å². The molecule has 0 saturated heterocycles. The fourth-order valence-electron chi connectivity index (χ4n) is 1.67. The lowest BCUT2D eigenvalue weighted by Crippen LogP contribution is -2.22. The van der Waals surface area contributed by atoms with Crippen molar-refractivity contribution in [3.05, 3.63) is 34.3 Å². The Morgan fingerprint density at radius 1 is 1.26 bits per heavy atom. The minimum atomic E-state index is 0.488. The molecule has 2 aromatic rings. The van der Waals surface area contributed by atoms with Gasteiger partial charge in [-0.15, -0.1) is 10.2 Å². The second-order valence-corrected chi connectivity index (χ2v) is 7.31. The van der Waals surface area contributed by atoms with Crippen LogP contribution in [0, 0.1) is 13.8 Å². The Bertz CT molecular complexity index is 549. The second kappa shape index (κ2) is 6.50. The fraction of sp³-hybridized carbons (Fsp3) is 0.429. The van der Waals surface area contributed by atoms with Crippen molar-refractivity contribution in [3.63, 3.8) is 0 Å². The monoisotopic (exact) mass is 293 g/mol. The number of rotatable bonds is 5. The maximum atomic E-state index is 4.18. The molecule has 2 rings (SSSR count). The van der Waals surface area contributed by atoms with E-state index in [0.29, 0.717) is 6.04 Å². The average Bonchev–Trinajstić information content (AvgIpc) is 2.75. The molecule has 1 heterocycles. The Hall–Kier alpha value is -0.910. The van der Waals surface area contributed by atoms with Gasteiger partial charge in [0.25, 0.3) is 0 Å². The van der Waals surface area contributed by atoms with Crippen LogP contribution in [-0.4, -0.2) is 16.2 Å². The van der Waals surface area contributed by atoms with E-state index in [1.807, 2.05) is 6.92 Å². The van der Waals surface area contributed by atoms with Crippen molar-refractivity contribution in [3.8, 4) is 0 Å². The molecule has 0 aliphatic carbocycles. The van der Waals surface area contributed by atoms with E-state index in [4.69, 9.17) is 0 Å². The number of nitrogens with one attached hydrogen (secondary N) is 1. The normalized spacial score (nSPS) is 11.2. The molecular formula is C14H19N3S2. The van der Waals surface area contributed by atoms with Crippen molar-refractivity contribution >= 4 is 23.1 Å². The number of aromatic nitrogens is 2. The van der Waals surface area contributed by atoms with Gasteiger partial charge >= 0.3 is 0 Å². The van der Waals surface area contributed by atoms with Gasteiger partial charge in [-0.05, 0) is 25.5 Å². The van der Waals surface area contributed by atoms with Crippen LogP contribution in [0.15, 0.2) is 27.4 Å². The van der Waals surface area contributed by atoms with Gasteiger partial charge in [-0.25, -0.2) is 0 Å². The van der Waals surface area contributed by atoms with Crippen LogP contribution in [0.4, 0.5) is 0 Å². The van der Waals surface area contributed by atoms with Gasteiger partial charge in [0.2, 0.25) is 0 Å². The molecule has 0 bridgehead atoms. The van der Waals surface area contributed by atoms with Crippen molar-refractivity contribution < 1.29 is 0 Å². The van der Waals surface area contributed by atoms with E-state index < -0.39 is 0 Å². The van der Waals surface area contributed by atoms with Crippen LogP contribution < -0.4 is 5.32 Å². The molecule has 0 saturated carbocycles. The molecule has 1 N–H and O–H groups in total. The first-order chi connectivity index (χ1) is 9.04. The minimum absolute atomic E-state index is 0.488. The molecule has 1 aromatic carbocycles. The molecule has 0 atom stereocenters. The van der Waals surface area contributed by atoms with E-state index in [0.717, 1.165) is 15.9 Å². The Morgan fingerprint density at radius 3 is 2.68 bits per heavy atom. The number of nitrogens with zero attached hydrogens (tertiary/aromatic N) is 2. The first-order valence-corrected chi connectivity index (χ1v) is 7.99. The number of aryl methyl sites for hydroxylation is 2. The quantitative estimate of drug-likeness (QED) is 0.910. The van der Waals surface area contributed by atoms with E-state index in [-0.39, 0.29) is 0 Å². The number of hydrogen-bond acceptors (Lipinski definition) is 5. The van der Waals surface area contributed by atoms with Crippen molar-refractivity contribution in [1.82, 2.24) is 15.5 Å². The number of benzene rings is 1. The molecule has 0 fully saturated rings. The van der Waals surface area contributed by atoms with Crippen LogP contribution in [0.5, 0.6) is 0 Å².